The smallest absolute Gasteiger partial charge is 0.282 e. The highest BCUT2D eigenvalue weighted by Crippen LogP contribution is 2.38. The van der Waals surface area contributed by atoms with Gasteiger partial charge in [-0.25, -0.2) is 9.29 Å². The molecule has 3 aromatic rings. The molecule has 31 heavy (non-hydrogen) atoms. The van der Waals surface area contributed by atoms with E-state index in [2.05, 4.69) is 5.32 Å². The van der Waals surface area contributed by atoms with Crippen molar-refractivity contribution in [3.8, 4) is 5.75 Å². The van der Waals surface area contributed by atoms with Crippen LogP contribution in [0.4, 0.5) is 15.8 Å². The lowest BCUT2D eigenvalue weighted by molar-refractivity contribution is -0.120. The average molecular weight is 416 g/mol. The fourth-order valence-corrected chi connectivity index (χ4v) is 3.41. The Kier molecular flexibility index (Phi) is 5.54. The number of anilines is 2. The van der Waals surface area contributed by atoms with Gasteiger partial charge in [-0.1, -0.05) is 42.5 Å². The molecule has 0 spiro atoms. The van der Waals surface area contributed by atoms with Crippen LogP contribution < -0.4 is 15.0 Å². The number of hydrogen-bond acceptors (Lipinski definition) is 4. The van der Waals surface area contributed by atoms with Gasteiger partial charge in [-0.3, -0.25) is 9.59 Å². The van der Waals surface area contributed by atoms with Crippen LogP contribution in [0.2, 0.25) is 0 Å². The van der Waals surface area contributed by atoms with E-state index in [1.54, 1.807) is 36.4 Å². The van der Waals surface area contributed by atoms with Gasteiger partial charge in [0.15, 0.2) is 0 Å². The van der Waals surface area contributed by atoms with E-state index < -0.39 is 17.6 Å². The number of nitrogens with zero attached hydrogens (tertiary/aromatic N) is 1. The van der Waals surface area contributed by atoms with Crippen molar-refractivity contribution in [2.45, 2.75) is 20.0 Å². The van der Waals surface area contributed by atoms with Gasteiger partial charge in [0.2, 0.25) is 0 Å². The Labute approximate surface area is 179 Å². The number of para-hydroxylation sites is 3. The quantitative estimate of drug-likeness (QED) is 0.574. The molecule has 0 radical (unpaired) electrons. The monoisotopic (exact) mass is 416 g/mol. The zero-order valence-electron chi connectivity index (χ0n) is 17.1. The van der Waals surface area contributed by atoms with Crippen LogP contribution in [0.15, 0.2) is 84.6 Å². The standard InChI is InChI=1S/C25H21FN2O3/c1-16(2)31-21-11-7-6-10-20(21)28-24(29)22(17-12-14-18(26)15-13-17)23(25(28)30)27-19-8-4-3-5-9-19/h3-16,27H,1-2H3. The minimum Gasteiger partial charge on any atom is -0.489 e. The number of carbonyl (C=O) groups excluding carboxylic acids is 2. The first-order valence-corrected chi connectivity index (χ1v) is 9.92. The highest BCUT2D eigenvalue weighted by Gasteiger charge is 2.41. The first kappa shape index (κ1) is 20.3. The van der Waals surface area contributed by atoms with Gasteiger partial charge < -0.3 is 10.1 Å². The third-order valence-corrected chi connectivity index (χ3v) is 4.73. The van der Waals surface area contributed by atoms with Crippen LogP contribution in [0.25, 0.3) is 5.57 Å². The third kappa shape index (κ3) is 4.05. The fourth-order valence-electron chi connectivity index (χ4n) is 3.41. The summed E-state index contributed by atoms with van der Waals surface area (Å²) in [7, 11) is 0. The molecule has 0 atom stereocenters. The first-order chi connectivity index (χ1) is 15.0. The molecule has 0 bridgehead atoms. The van der Waals surface area contributed by atoms with Crippen LogP contribution in [-0.2, 0) is 9.59 Å². The van der Waals surface area contributed by atoms with Crippen LogP contribution in [-0.4, -0.2) is 17.9 Å². The molecule has 156 valence electrons. The van der Waals surface area contributed by atoms with E-state index in [-0.39, 0.29) is 17.4 Å². The SMILES string of the molecule is CC(C)Oc1ccccc1N1C(=O)C(Nc2ccccc2)=C(c2ccc(F)cc2)C1=O. The van der Waals surface area contributed by atoms with E-state index in [4.69, 9.17) is 4.74 Å². The van der Waals surface area contributed by atoms with Crippen LogP contribution in [0.5, 0.6) is 5.75 Å². The molecule has 0 fully saturated rings. The molecule has 0 unspecified atom stereocenters. The summed E-state index contributed by atoms with van der Waals surface area (Å²) < 4.78 is 19.3. The molecule has 3 aromatic carbocycles. The van der Waals surface area contributed by atoms with E-state index in [9.17, 15) is 14.0 Å². The Morgan fingerprint density at radius 3 is 2.16 bits per heavy atom. The molecule has 6 heteroatoms. The molecule has 2 amide bonds. The molecule has 1 N–H and O–H groups in total. The van der Waals surface area contributed by atoms with Crippen LogP contribution in [0.1, 0.15) is 19.4 Å². The van der Waals surface area contributed by atoms with Gasteiger partial charge in [0.25, 0.3) is 11.8 Å². The molecule has 1 heterocycles. The highest BCUT2D eigenvalue weighted by atomic mass is 19.1. The molecular weight excluding hydrogens is 395 g/mol. The van der Waals surface area contributed by atoms with Crippen molar-refractivity contribution in [1.29, 1.82) is 0 Å². The topological polar surface area (TPSA) is 58.6 Å². The van der Waals surface area contributed by atoms with Gasteiger partial charge >= 0.3 is 0 Å². The third-order valence-electron chi connectivity index (χ3n) is 4.73. The molecule has 0 aromatic heterocycles. The minimum absolute atomic E-state index is 0.127. The Balaban J connectivity index is 1.82. The maximum absolute atomic E-state index is 13.5. The maximum Gasteiger partial charge on any atom is 0.282 e. The van der Waals surface area contributed by atoms with Crippen molar-refractivity contribution in [2.24, 2.45) is 0 Å². The zero-order chi connectivity index (χ0) is 22.0. The highest BCUT2D eigenvalue weighted by molar-refractivity contribution is 6.46. The van der Waals surface area contributed by atoms with Gasteiger partial charge in [0.05, 0.1) is 17.4 Å². The lowest BCUT2D eigenvalue weighted by Crippen LogP contribution is -2.33. The predicted molar refractivity (Wildman–Crippen MR) is 118 cm³/mol. The Hall–Kier alpha value is -3.93. The zero-order valence-corrected chi connectivity index (χ0v) is 17.1. The lowest BCUT2D eigenvalue weighted by Gasteiger charge is -2.20. The minimum atomic E-state index is -0.506. The number of carbonyl (C=O) groups is 2. The molecular formula is C25H21FN2O3. The van der Waals surface area contributed by atoms with Gasteiger partial charge in [-0.15, -0.1) is 0 Å². The Bertz CT molecular complexity index is 1150. The van der Waals surface area contributed by atoms with Crippen molar-refractivity contribution in [3.63, 3.8) is 0 Å². The van der Waals surface area contributed by atoms with Crippen LogP contribution >= 0.6 is 0 Å². The summed E-state index contributed by atoms with van der Waals surface area (Å²) in [6, 6.07) is 21.5. The van der Waals surface area contributed by atoms with E-state index in [1.165, 1.54) is 24.3 Å². The Morgan fingerprint density at radius 2 is 1.48 bits per heavy atom. The molecule has 0 saturated carbocycles. The van der Waals surface area contributed by atoms with E-state index in [0.29, 0.717) is 22.7 Å². The van der Waals surface area contributed by atoms with E-state index in [0.717, 1.165) is 4.90 Å². The summed E-state index contributed by atoms with van der Waals surface area (Å²) in [6.07, 6.45) is -0.139. The molecule has 1 aliphatic heterocycles. The van der Waals surface area contributed by atoms with Gasteiger partial charge in [0, 0.05) is 5.69 Å². The van der Waals surface area contributed by atoms with E-state index in [1.807, 2.05) is 32.0 Å². The van der Waals surface area contributed by atoms with Crippen molar-refractivity contribution in [1.82, 2.24) is 0 Å². The second kappa shape index (κ2) is 8.44. The summed E-state index contributed by atoms with van der Waals surface area (Å²) in [6.45, 7) is 3.74. The summed E-state index contributed by atoms with van der Waals surface area (Å²) in [5, 5.41) is 3.08. The average Bonchev–Trinajstić information content (AvgIpc) is 2.99. The summed E-state index contributed by atoms with van der Waals surface area (Å²) in [5.41, 5.74) is 1.76. The second-order valence-electron chi connectivity index (χ2n) is 7.33. The van der Waals surface area contributed by atoms with Crippen molar-refractivity contribution in [3.05, 3.63) is 95.9 Å². The second-order valence-corrected chi connectivity index (χ2v) is 7.33. The number of nitrogens with one attached hydrogen (secondary N) is 1. The van der Waals surface area contributed by atoms with Crippen LogP contribution in [0, 0.1) is 5.82 Å². The largest absolute Gasteiger partial charge is 0.489 e. The maximum atomic E-state index is 13.5. The van der Waals surface area contributed by atoms with E-state index >= 15 is 0 Å². The van der Waals surface area contributed by atoms with Crippen LogP contribution in [0.3, 0.4) is 0 Å². The normalized spacial score (nSPS) is 13.9. The number of halogens is 1. The first-order valence-electron chi connectivity index (χ1n) is 9.92. The van der Waals surface area contributed by atoms with Crippen molar-refractivity contribution in [2.75, 3.05) is 10.2 Å². The molecule has 5 nitrogen and oxygen atoms in total. The molecule has 0 saturated heterocycles. The molecule has 1 aliphatic rings. The predicted octanol–water partition coefficient (Wildman–Crippen LogP) is 5.01. The van der Waals surface area contributed by atoms with Gasteiger partial charge in [0.1, 0.15) is 17.3 Å². The number of amides is 2. The summed E-state index contributed by atoms with van der Waals surface area (Å²) >= 11 is 0. The number of hydrogen-bond donors (Lipinski definition) is 1. The molecule has 0 aliphatic carbocycles. The summed E-state index contributed by atoms with van der Waals surface area (Å²) in [4.78, 5) is 28.1. The number of imide groups is 1. The van der Waals surface area contributed by atoms with Gasteiger partial charge in [-0.2, -0.15) is 0 Å². The number of ether oxygens (including phenoxy) is 1. The fraction of sp³-hybridized carbons (Fsp3) is 0.120. The Morgan fingerprint density at radius 1 is 0.839 bits per heavy atom. The summed E-state index contributed by atoms with van der Waals surface area (Å²) in [5.74, 6) is -1.01. The molecule has 4 rings (SSSR count). The van der Waals surface area contributed by atoms with Gasteiger partial charge in [-0.05, 0) is 55.8 Å². The lowest BCUT2D eigenvalue weighted by atomic mass is 10.0. The van der Waals surface area contributed by atoms with Crippen molar-refractivity contribution >= 4 is 28.8 Å². The number of benzene rings is 3. The number of rotatable bonds is 6. The van der Waals surface area contributed by atoms with Crippen molar-refractivity contribution < 1.29 is 18.7 Å².